The first-order valence-corrected chi connectivity index (χ1v) is 8.47. The summed E-state index contributed by atoms with van der Waals surface area (Å²) in [5.74, 6) is -0.239. The summed E-state index contributed by atoms with van der Waals surface area (Å²) in [7, 11) is 1.71. The van der Waals surface area contributed by atoms with Crippen molar-refractivity contribution in [3.63, 3.8) is 0 Å². The molecular weight excluding hydrogens is 385 g/mol. The third-order valence-electron chi connectivity index (χ3n) is 3.72. The lowest BCUT2D eigenvalue weighted by molar-refractivity contribution is 0.102. The van der Waals surface area contributed by atoms with Gasteiger partial charge in [0.25, 0.3) is 5.91 Å². The molecule has 25 heavy (non-hydrogen) atoms. The molecule has 0 aliphatic rings. The molecule has 1 aromatic carbocycles. The van der Waals surface area contributed by atoms with Gasteiger partial charge in [0.1, 0.15) is 5.02 Å². The molecule has 0 aliphatic carbocycles. The molecule has 9 heteroatoms. The molecule has 6 nitrogen and oxygen atoms in total. The molecule has 1 N–H and O–H groups in total. The molecular formula is C16H14Cl3N5O. The van der Waals surface area contributed by atoms with Crippen molar-refractivity contribution in [3.8, 4) is 0 Å². The second kappa shape index (κ2) is 7.07. The fourth-order valence-electron chi connectivity index (χ4n) is 2.26. The summed E-state index contributed by atoms with van der Waals surface area (Å²) in [4.78, 5) is 12.4. The molecule has 0 bridgehead atoms. The van der Waals surface area contributed by atoms with Crippen molar-refractivity contribution < 1.29 is 4.79 Å². The maximum Gasteiger partial charge on any atom is 0.278 e. The summed E-state index contributed by atoms with van der Waals surface area (Å²) in [5, 5.41) is 12.3. The Morgan fingerprint density at radius 2 is 1.88 bits per heavy atom. The summed E-state index contributed by atoms with van der Waals surface area (Å²) < 4.78 is 3.14. The van der Waals surface area contributed by atoms with Crippen LogP contribution in [0.15, 0.2) is 30.5 Å². The quantitative estimate of drug-likeness (QED) is 0.717. The van der Waals surface area contributed by atoms with Crippen LogP contribution in [0.3, 0.4) is 0 Å². The van der Waals surface area contributed by atoms with Gasteiger partial charge in [-0.2, -0.15) is 10.2 Å². The van der Waals surface area contributed by atoms with Crippen molar-refractivity contribution in [2.75, 3.05) is 5.32 Å². The minimum Gasteiger partial charge on any atom is -0.302 e. The molecule has 0 saturated heterocycles. The van der Waals surface area contributed by atoms with E-state index in [-0.39, 0.29) is 11.5 Å². The normalized spacial score (nSPS) is 10.9. The standard InChI is InChI=1S/C16H14Cl3N5O/c1-9-13(19)14(21-23(9)2)16(25)20-15-12(18)8-24(22-15)7-10-5-3-4-6-11(10)17/h3-6,8H,7H2,1-2H3,(H,20,22,25). The van der Waals surface area contributed by atoms with Gasteiger partial charge in [0, 0.05) is 18.3 Å². The van der Waals surface area contributed by atoms with E-state index in [0.29, 0.717) is 27.3 Å². The van der Waals surface area contributed by atoms with Gasteiger partial charge >= 0.3 is 0 Å². The molecule has 0 unspecified atom stereocenters. The summed E-state index contributed by atoms with van der Waals surface area (Å²) in [6, 6.07) is 7.44. The topological polar surface area (TPSA) is 64.7 Å². The number of carbonyl (C=O) groups excluding carboxylic acids is 1. The molecule has 1 amide bonds. The van der Waals surface area contributed by atoms with E-state index in [1.165, 1.54) is 4.68 Å². The number of aryl methyl sites for hydroxylation is 1. The SMILES string of the molecule is Cc1c(Cl)c(C(=O)Nc2nn(Cc3ccccc3Cl)cc2Cl)nn1C. The summed E-state index contributed by atoms with van der Waals surface area (Å²) in [6.07, 6.45) is 1.62. The van der Waals surface area contributed by atoms with E-state index in [0.717, 1.165) is 5.56 Å². The van der Waals surface area contributed by atoms with Crippen molar-refractivity contribution in [2.24, 2.45) is 7.05 Å². The van der Waals surface area contributed by atoms with Gasteiger partial charge in [-0.3, -0.25) is 14.2 Å². The lowest BCUT2D eigenvalue weighted by Gasteiger charge is -2.04. The summed E-state index contributed by atoms with van der Waals surface area (Å²) in [6.45, 7) is 2.20. The van der Waals surface area contributed by atoms with Crippen LogP contribution in [-0.2, 0) is 13.6 Å². The van der Waals surface area contributed by atoms with Gasteiger partial charge in [0.15, 0.2) is 11.5 Å². The van der Waals surface area contributed by atoms with E-state index in [2.05, 4.69) is 15.5 Å². The number of amides is 1. The number of hydrogen-bond donors (Lipinski definition) is 1. The van der Waals surface area contributed by atoms with E-state index in [9.17, 15) is 4.79 Å². The molecule has 2 aromatic heterocycles. The number of nitrogens with one attached hydrogen (secondary N) is 1. The van der Waals surface area contributed by atoms with E-state index >= 15 is 0 Å². The minimum absolute atomic E-state index is 0.124. The van der Waals surface area contributed by atoms with Gasteiger partial charge < -0.3 is 5.32 Å². The second-order valence-electron chi connectivity index (χ2n) is 5.44. The summed E-state index contributed by atoms with van der Waals surface area (Å²) in [5.41, 5.74) is 1.71. The second-order valence-corrected chi connectivity index (χ2v) is 6.63. The molecule has 130 valence electrons. The molecule has 0 fully saturated rings. The number of halogens is 3. The molecule has 0 radical (unpaired) electrons. The van der Waals surface area contributed by atoms with Crippen LogP contribution in [0.4, 0.5) is 5.82 Å². The third-order valence-corrected chi connectivity index (χ3v) is 4.81. The predicted molar refractivity (Wildman–Crippen MR) is 98.7 cm³/mol. The first-order valence-electron chi connectivity index (χ1n) is 7.33. The van der Waals surface area contributed by atoms with Crippen LogP contribution in [0.1, 0.15) is 21.7 Å². The van der Waals surface area contributed by atoms with Gasteiger partial charge in [-0.1, -0.05) is 53.0 Å². The van der Waals surface area contributed by atoms with E-state index in [1.807, 2.05) is 18.2 Å². The fourth-order valence-corrected chi connectivity index (χ4v) is 2.90. The maximum absolute atomic E-state index is 12.4. The van der Waals surface area contributed by atoms with E-state index in [4.69, 9.17) is 34.8 Å². The molecule has 0 spiro atoms. The number of rotatable bonds is 4. The van der Waals surface area contributed by atoms with Gasteiger partial charge in [0.05, 0.1) is 17.3 Å². The Kier molecular flexibility index (Phi) is 5.03. The molecule has 3 rings (SSSR count). The van der Waals surface area contributed by atoms with Crippen molar-refractivity contribution >= 4 is 46.5 Å². The minimum atomic E-state index is -0.474. The van der Waals surface area contributed by atoms with Crippen LogP contribution in [-0.4, -0.2) is 25.5 Å². The number of hydrogen-bond acceptors (Lipinski definition) is 3. The third kappa shape index (κ3) is 3.66. The van der Waals surface area contributed by atoms with Crippen LogP contribution in [0.5, 0.6) is 0 Å². The molecule has 0 aliphatic heterocycles. The highest BCUT2D eigenvalue weighted by Gasteiger charge is 2.20. The molecule has 0 saturated carbocycles. The van der Waals surface area contributed by atoms with Crippen LogP contribution in [0.2, 0.25) is 15.1 Å². The molecule has 2 heterocycles. The van der Waals surface area contributed by atoms with Crippen molar-refractivity contribution in [1.82, 2.24) is 19.6 Å². The Morgan fingerprint density at radius 3 is 2.52 bits per heavy atom. The average Bonchev–Trinajstić information content (AvgIpc) is 3.04. The van der Waals surface area contributed by atoms with Gasteiger partial charge in [0.2, 0.25) is 0 Å². The Hall–Kier alpha value is -2.02. The van der Waals surface area contributed by atoms with Crippen molar-refractivity contribution in [3.05, 3.63) is 62.5 Å². The Morgan fingerprint density at radius 1 is 1.16 bits per heavy atom. The maximum atomic E-state index is 12.4. The fraction of sp³-hybridized carbons (Fsp3) is 0.188. The average molecular weight is 399 g/mol. The zero-order valence-corrected chi connectivity index (χ0v) is 15.7. The van der Waals surface area contributed by atoms with Gasteiger partial charge in [-0.15, -0.1) is 0 Å². The lowest BCUT2D eigenvalue weighted by Crippen LogP contribution is -2.14. The predicted octanol–water partition coefficient (Wildman–Crippen LogP) is 4.19. The number of benzene rings is 1. The Balaban J connectivity index is 1.80. The summed E-state index contributed by atoms with van der Waals surface area (Å²) >= 11 is 18.4. The van der Waals surface area contributed by atoms with Crippen molar-refractivity contribution in [1.29, 1.82) is 0 Å². The Labute approximate surface area is 159 Å². The Bertz CT molecular complexity index is 947. The largest absolute Gasteiger partial charge is 0.302 e. The zero-order chi connectivity index (χ0) is 18.1. The molecule has 3 aromatic rings. The highest BCUT2D eigenvalue weighted by molar-refractivity contribution is 6.35. The monoisotopic (exact) mass is 397 g/mol. The molecule has 0 atom stereocenters. The smallest absolute Gasteiger partial charge is 0.278 e. The van der Waals surface area contributed by atoms with Crippen LogP contribution >= 0.6 is 34.8 Å². The first-order chi connectivity index (χ1) is 11.9. The van der Waals surface area contributed by atoms with Crippen LogP contribution < -0.4 is 5.32 Å². The van der Waals surface area contributed by atoms with E-state index in [1.54, 1.807) is 30.9 Å². The van der Waals surface area contributed by atoms with Crippen LogP contribution in [0.25, 0.3) is 0 Å². The van der Waals surface area contributed by atoms with Gasteiger partial charge in [-0.25, -0.2) is 0 Å². The first kappa shape index (κ1) is 17.8. The highest BCUT2D eigenvalue weighted by atomic mass is 35.5. The number of aromatic nitrogens is 4. The van der Waals surface area contributed by atoms with Crippen molar-refractivity contribution in [2.45, 2.75) is 13.5 Å². The number of carbonyl (C=O) groups is 1. The van der Waals surface area contributed by atoms with Crippen LogP contribution in [0, 0.1) is 6.92 Å². The zero-order valence-electron chi connectivity index (χ0n) is 13.4. The number of nitrogens with zero attached hydrogens (tertiary/aromatic N) is 4. The lowest BCUT2D eigenvalue weighted by atomic mass is 10.2. The van der Waals surface area contributed by atoms with Gasteiger partial charge in [-0.05, 0) is 18.6 Å². The number of anilines is 1. The van der Waals surface area contributed by atoms with E-state index < -0.39 is 5.91 Å². The highest BCUT2D eigenvalue weighted by Crippen LogP contribution is 2.24.